The summed E-state index contributed by atoms with van der Waals surface area (Å²) < 4.78 is 17.4. The van der Waals surface area contributed by atoms with Gasteiger partial charge >= 0.3 is 0 Å². The summed E-state index contributed by atoms with van der Waals surface area (Å²) in [5, 5.41) is 14.1. The van der Waals surface area contributed by atoms with Gasteiger partial charge in [0, 0.05) is 35.3 Å². The Hall–Kier alpha value is -3.82. The molecule has 0 bridgehead atoms. The highest BCUT2D eigenvalue weighted by molar-refractivity contribution is 5.62. The molecule has 28 heavy (non-hydrogen) atoms. The van der Waals surface area contributed by atoms with Gasteiger partial charge in [0.1, 0.15) is 6.33 Å². The number of aryl methyl sites for hydroxylation is 2. The number of rotatable bonds is 6. The average Bonchev–Trinajstić information content (AvgIpc) is 3.31. The summed E-state index contributed by atoms with van der Waals surface area (Å²) in [5.41, 5.74) is 3.05. The smallest absolute Gasteiger partial charge is 0.231 e. The standard InChI is InChI=1S/C18H18FN9.2H2/c1-27-10-14(8-23-27)13-5-3-4-12(6-13)7-20-16-15(19)9-21-17(25-16)26-18-22-11-24-28(18)2;;/h3-6,8-11H,7H2,1-2H3,(H2,20,21,22,24,25,26);2*1H. The van der Waals surface area contributed by atoms with Crippen LogP contribution < -0.4 is 10.6 Å². The van der Waals surface area contributed by atoms with E-state index in [4.69, 9.17) is 0 Å². The Morgan fingerprint density at radius 1 is 1.11 bits per heavy atom. The van der Waals surface area contributed by atoms with Crippen molar-refractivity contribution >= 4 is 17.7 Å². The maximum absolute atomic E-state index is 14.1. The molecule has 1 aromatic carbocycles. The van der Waals surface area contributed by atoms with E-state index < -0.39 is 5.82 Å². The molecule has 0 unspecified atom stereocenters. The molecular weight excluding hydrogens is 361 g/mol. The van der Waals surface area contributed by atoms with Crippen molar-refractivity contribution in [3.05, 3.63) is 60.6 Å². The number of nitrogens with zero attached hydrogens (tertiary/aromatic N) is 7. The number of nitrogens with one attached hydrogen (secondary N) is 2. The summed E-state index contributed by atoms with van der Waals surface area (Å²) in [7, 11) is 3.60. The Bertz CT molecular complexity index is 1110. The second-order valence-corrected chi connectivity index (χ2v) is 6.18. The van der Waals surface area contributed by atoms with Gasteiger partial charge in [-0.15, -0.1) is 0 Å². The maximum Gasteiger partial charge on any atom is 0.231 e. The Balaban J connectivity index is 0.00000160. The van der Waals surface area contributed by atoms with Crippen molar-refractivity contribution in [1.29, 1.82) is 0 Å². The van der Waals surface area contributed by atoms with Crippen LogP contribution in [0.25, 0.3) is 11.1 Å². The van der Waals surface area contributed by atoms with Crippen LogP contribution in [0.4, 0.5) is 22.1 Å². The third-order valence-corrected chi connectivity index (χ3v) is 4.10. The molecule has 10 heteroatoms. The molecule has 0 aliphatic carbocycles. The zero-order chi connectivity index (χ0) is 19.5. The third-order valence-electron chi connectivity index (χ3n) is 4.10. The molecule has 0 aliphatic rings. The van der Waals surface area contributed by atoms with Crippen LogP contribution in [-0.4, -0.2) is 34.5 Å². The predicted molar refractivity (Wildman–Crippen MR) is 106 cm³/mol. The molecule has 0 saturated carbocycles. The van der Waals surface area contributed by atoms with Crippen LogP contribution in [0.3, 0.4) is 0 Å². The SMILES string of the molecule is Cn1cc(-c2cccc(CNc3nc(Nc4ncnn4C)ncc3F)c2)cn1.[HH].[HH]. The van der Waals surface area contributed by atoms with Gasteiger partial charge in [-0.3, -0.25) is 10.00 Å². The van der Waals surface area contributed by atoms with Gasteiger partial charge in [0.2, 0.25) is 11.9 Å². The molecule has 0 aliphatic heterocycles. The van der Waals surface area contributed by atoms with Crippen LogP contribution in [0.2, 0.25) is 0 Å². The van der Waals surface area contributed by atoms with Crippen molar-refractivity contribution in [1.82, 2.24) is 34.5 Å². The molecule has 3 aromatic heterocycles. The second kappa shape index (κ2) is 7.43. The largest absolute Gasteiger partial charge is 0.363 e. The topological polar surface area (TPSA) is 98.4 Å². The Labute approximate surface area is 163 Å². The third kappa shape index (κ3) is 3.80. The molecule has 4 rings (SSSR count). The van der Waals surface area contributed by atoms with Gasteiger partial charge < -0.3 is 5.32 Å². The Kier molecular flexibility index (Phi) is 4.67. The van der Waals surface area contributed by atoms with Crippen molar-refractivity contribution in [2.24, 2.45) is 14.1 Å². The molecular formula is C18H22FN9. The zero-order valence-corrected chi connectivity index (χ0v) is 15.3. The van der Waals surface area contributed by atoms with E-state index in [0.717, 1.165) is 22.9 Å². The van der Waals surface area contributed by atoms with Crippen LogP contribution in [-0.2, 0) is 20.6 Å². The number of halogens is 1. The number of hydrogen-bond donors (Lipinski definition) is 2. The fourth-order valence-corrected chi connectivity index (χ4v) is 2.68. The van der Waals surface area contributed by atoms with Crippen LogP contribution >= 0.6 is 0 Å². The molecule has 0 saturated heterocycles. The Morgan fingerprint density at radius 3 is 2.75 bits per heavy atom. The van der Waals surface area contributed by atoms with Crippen molar-refractivity contribution in [3.63, 3.8) is 0 Å². The van der Waals surface area contributed by atoms with Crippen LogP contribution in [0.5, 0.6) is 0 Å². The van der Waals surface area contributed by atoms with Crippen molar-refractivity contribution in [3.8, 4) is 11.1 Å². The number of aromatic nitrogens is 7. The molecule has 0 atom stereocenters. The van der Waals surface area contributed by atoms with Crippen molar-refractivity contribution in [2.75, 3.05) is 10.6 Å². The summed E-state index contributed by atoms with van der Waals surface area (Å²) in [4.78, 5) is 12.2. The summed E-state index contributed by atoms with van der Waals surface area (Å²) >= 11 is 0. The molecule has 2 N–H and O–H groups in total. The van der Waals surface area contributed by atoms with E-state index in [1.165, 1.54) is 11.0 Å². The fraction of sp³-hybridized carbons (Fsp3) is 0.167. The minimum atomic E-state index is -0.535. The van der Waals surface area contributed by atoms with Crippen molar-refractivity contribution < 1.29 is 7.24 Å². The molecule has 0 amide bonds. The lowest BCUT2D eigenvalue weighted by Gasteiger charge is -2.10. The summed E-state index contributed by atoms with van der Waals surface area (Å²) in [6, 6.07) is 7.96. The lowest BCUT2D eigenvalue weighted by atomic mass is 10.1. The lowest BCUT2D eigenvalue weighted by Crippen LogP contribution is -2.08. The number of benzene rings is 1. The van der Waals surface area contributed by atoms with Gasteiger partial charge in [-0.1, -0.05) is 18.2 Å². The summed E-state index contributed by atoms with van der Waals surface area (Å²) in [5.74, 6) is 0.254. The average molecular weight is 383 g/mol. The van der Waals surface area contributed by atoms with Crippen LogP contribution in [0.1, 0.15) is 8.42 Å². The number of hydrogen-bond acceptors (Lipinski definition) is 7. The van der Waals surface area contributed by atoms with E-state index in [1.54, 1.807) is 17.9 Å². The van der Waals surface area contributed by atoms with Crippen molar-refractivity contribution in [2.45, 2.75) is 6.54 Å². The first-order valence-corrected chi connectivity index (χ1v) is 8.54. The van der Waals surface area contributed by atoms with E-state index in [9.17, 15) is 4.39 Å². The quantitative estimate of drug-likeness (QED) is 0.528. The van der Waals surface area contributed by atoms with E-state index in [-0.39, 0.29) is 14.6 Å². The van der Waals surface area contributed by atoms with E-state index in [0.29, 0.717) is 12.5 Å². The van der Waals surface area contributed by atoms with Gasteiger partial charge in [-0.2, -0.15) is 20.2 Å². The van der Waals surface area contributed by atoms with E-state index >= 15 is 0 Å². The van der Waals surface area contributed by atoms with E-state index in [1.807, 2.05) is 37.5 Å². The van der Waals surface area contributed by atoms with Crippen LogP contribution in [0, 0.1) is 5.82 Å². The molecule has 9 nitrogen and oxygen atoms in total. The van der Waals surface area contributed by atoms with Crippen LogP contribution in [0.15, 0.2) is 49.2 Å². The Morgan fingerprint density at radius 2 is 2.00 bits per heavy atom. The minimum absolute atomic E-state index is 0. The fourth-order valence-electron chi connectivity index (χ4n) is 2.68. The zero-order valence-electron chi connectivity index (χ0n) is 15.3. The first-order valence-electron chi connectivity index (χ1n) is 8.54. The molecule has 146 valence electrons. The van der Waals surface area contributed by atoms with E-state index in [2.05, 4.69) is 35.8 Å². The van der Waals surface area contributed by atoms with Gasteiger partial charge in [0.05, 0.1) is 12.4 Å². The summed E-state index contributed by atoms with van der Waals surface area (Å²) in [6.07, 6.45) is 6.27. The normalized spacial score (nSPS) is 10.8. The van der Waals surface area contributed by atoms with Gasteiger partial charge in [-0.25, -0.2) is 14.1 Å². The predicted octanol–water partition coefficient (Wildman–Crippen LogP) is 2.99. The highest BCUT2D eigenvalue weighted by Crippen LogP contribution is 2.21. The second-order valence-electron chi connectivity index (χ2n) is 6.18. The van der Waals surface area contributed by atoms with Gasteiger partial charge in [0.25, 0.3) is 0 Å². The molecule has 3 heterocycles. The lowest BCUT2D eigenvalue weighted by molar-refractivity contribution is 0.617. The first kappa shape index (κ1) is 17.6. The molecule has 0 spiro atoms. The molecule has 4 aromatic rings. The number of anilines is 3. The maximum atomic E-state index is 14.1. The van der Waals surface area contributed by atoms with Gasteiger partial charge in [0.15, 0.2) is 11.6 Å². The monoisotopic (exact) mass is 383 g/mol. The molecule has 0 fully saturated rings. The first-order chi connectivity index (χ1) is 13.6. The molecule has 0 radical (unpaired) electrons. The highest BCUT2D eigenvalue weighted by atomic mass is 19.1. The summed E-state index contributed by atoms with van der Waals surface area (Å²) in [6.45, 7) is 0.408. The highest BCUT2D eigenvalue weighted by Gasteiger charge is 2.09. The van der Waals surface area contributed by atoms with Gasteiger partial charge in [-0.05, 0) is 17.2 Å². The minimum Gasteiger partial charge on any atom is -0.363 e.